The number of unbranched alkanes of at least 4 members (excludes halogenated alkanes) is 1. The largest absolute Gasteiger partial charge is 0.508 e. The summed E-state index contributed by atoms with van der Waals surface area (Å²) >= 11 is 0. The fourth-order valence-corrected chi connectivity index (χ4v) is 4.87. The average molecular weight is 646 g/mol. The summed E-state index contributed by atoms with van der Waals surface area (Å²) in [5, 5.41) is 12.5. The Kier molecular flexibility index (Phi) is 11.3. The van der Waals surface area contributed by atoms with Crippen molar-refractivity contribution in [1.29, 1.82) is 0 Å². The lowest BCUT2D eigenvalue weighted by molar-refractivity contribution is -0.133. The van der Waals surface area contributed by atoms with Gasteiger partial charge in [-0.25, -0.2) is 0 Å². The fraction of sp³-hybridized carbons (Fsp3) is 0.500. The average Bonchev–Trinajstić information content (AvgIpc) is 3.07. The number of nitrogens with zero attached hydrogens (tertiary/aromatic N) is 1. The van der Waals surface area contributed by atoms with Crippen molar-refractivity contribution in [3.63, 3.8) is 0 Å². The second kappa shape index (κ2) is 19.3. The van der Waals surface area contributed by atoms with E-state index in [0.29, 0.717) is 29.5 Å². The molecule has 2 aromatic carbocycles. The van der Waals surface area contributed by atoms with E-state index in [0.717, 1.165) is 0 Å². The fourth-order valence-electron chi connectivity index (χ4n) is 4.87. The number of nitrogens with one attached hydrogen (secondary N) is 1. The molecule has 0 saturated heterocycles. The molecule has 0 aliphatic heterocycles. The molecule has 0 radical (unpaired) electrons. The van der Waals surface area contributed by atoms with Crippen molar-refractivity contribution in [3.8, 4) is 5.75 Å². The Morgan fingerprint density at radius 3 is 2.17 bits per heavy atom. The number of primary amides is 1. The lowest BCUT2D eigenvalue weighted by Crippen LogP contribution is -2.46. The van der Waals surface area contributed by atoms with Crippen LogP contribution < -0.4 is 34.0 Å². The Morgan fingerprint density at radius 2 is 1.59 bits per heavy atom. The number of hydrogen-bond acceptors (Lipinski definition) is 8. The lowest BCUT2D eigenvalue weighted by atomic mass is 9.86. The van der Waals surface area contributed by atoms with Gasteiger partial charge in [-0.15, -0.1) is 0 Å². The number of carbonyl (C=O) groups is 4. The highest BCUT2D eigenvalue weighted by molar-refractivity contribution is 5.94. The number of aliphatic imine (C=N–C) groups is 1. The molecule has 0 saturated carbocycles. The summed E-state index contributed by atoms with van der Waals surface area (Å²) in [5.41, 5.74) is 29.0. The number of aryl methyl sites for hydroxylation is 2. The number of benzene rings is 2. The van der Waals surface area contributed by atoms with Gasteiger partial charge < -0.3 is 39.1 Å². The number of phenols is 1. The van der Waals surface area contributed by atoms with E-state index >= 15 is 0 Å². The van der Waals surface area contributed by atoms with Gasteiger partial charge in [0.1, 0.15) is 11.5 Å². The van der Waals surface area contributed by atoms with E-state index in [-0.39, 0.29) is 50.5 Å². The number of amides is 2. The van der Waals surface area contributed by atoms with Crippen LogP contribution in [0.15, 0.2) is 47.3 Å². The molecule has 0 spiro atoms. The maximum Gasteiger partial charge on any atom is 0.224 e. The molecule has 0 aliphatic carbocycles. The van der Waals surface area contributed by atoms with Crippen LogP contribution in [0.4, 0.5) is 0 Å². The third kappa shape index (κ3) is 13.0. The summed E-state index contributed by atoms with van der Waals surface area (Å²) in [6.07, 6.45) is -4.03. The van der Waals surface area contributed by atoms with Gasteiger partial charge >= 0.3 is 0 Å². The van der Waals surface area contributed by atoms with Gasteiger partial charge in [-0.3, -0.25) is 24.2 Å². The summed E-state index contributed by atoms with van der Waals surface area (Å²) < 4.78 is 67.0. The summed E-state index contributed by atoms with van der Waals surface area (Å²) in [5.74, 6) is -7.43. The number of ketones is 2. The number of phenolic OH excluding ortho intramolecular Hbond substituents is 1. The smallest absolute Gasteiger partial charge is 0.224 e. The molecular formula is C34H51N7O5. The Balaban J connectivity index is 2.56. The van der Waals surface area contributed by atoms with E-state index in [1.807, 2.05) is 0 Å². The van der Waals surface area contributed by atoms with E-state index in [4.69, 9.17) is 38.3 Å². The standard InChI is InChI=1S/C34H51N7O5/c1-21-15-26(42)16-22(2)27(21)18-25(20-30(43)28(36)11-8-14-40-34(38)39)33(46)41-29(12-6-7-13-35)31(44)19-24(32(37)45)17-23-9-4-3-5-10-23/h3-5,9-10,15-16,24-25,28-29,42H,6-8,11-14,17-20,35-36H2,1-2H3,(H2,37,45)(H,41,46)(H4,38,39,40)/t24-,25-,28-,29+/m1/s1/i3D,4D,5D,9D,10D,17D2,29D. The minimum atomic E-state index is -3.10. The first-order valence-electron chi connectivity index (χ1n) is 19.0. The number of Topliss-reactive ketones (excluding diaryl/α,β-unsaturated/α-hetero) is 2. The van der Waals surface area contributed by atoms with Gasteiger partial charge in [0.05, 0.1) is 20.3 Å². The molecule has 12 heteroatoms. The maximum absolute atomic E-state index is 14.1. The van der Waals surface area contributed by atoms with Gasteiger partial charge in [0, 0.05) is 34.0 Å². The van der Waals surface area contributed by atoms with E-state index in [1.165, 1.54) is 12.1 Å². The summed E-state index contributed by atoms with van der Waals surface area (Å²) in [6, 6.07) is -5.01. The van der Waals surface area contributed by atoms with Gasteiger partial charge in [-0.1, -0.05) is 30.2 Å². The predicted octanol–water partition coefficient (Wildman–Crippen LogP) is 1.43. The molecule has 46 heavy (non-hydrogen) atoms. The van der Waals surface area contributed by atoms with Crippen molar-refractivity contribution in [3.05, 3.63) is 64.6 Å². The van der Waals surface area contributed by atoms with E-state index < -0.39 is 102 Å². The van der Waals surface area contributed by atoms with Crippen LogP contribution in [-0.2, 0) is 32.0 Å². The summed E-state index contributed by atoms with van der Waals surface area (Å²) in [7, 11) is 0. The molecule has 0 bridgehead atoms. The minimum Gasteiger partial charge on any atom is -0.508 e. The normalized spacial score (nSPS) is 17.1. The Morgan fingerprint density at radius 1 is 0.957 bits per heavy atom. The first-order chi connectivity index (χ1) is 25.0. The zero-order valence-electron chi connectivity index (χ0n) is 34.4. The number of nitrogens with two attached hydrogens (primary N) is 5. The molecule has 252 valence electrons. The zero-order chi connectivity index (χ0) is 41.3. The van der Waals surface area contributed by atoms with Crippen molar-refractivity contribution < 1.29 is 35.3 Å². The van der Waals surface area contributed by atoms with Crippen LogP contribution in [0, 0.1) is 25.7 Å². The van der Waals surface area contributed by atoms with Crippen molar-refractivity contribution in [2.75, 3.05) is 13.1 Å². The van der Waals surface area contributed by atoms with Gasteiger partial charge in [0.15, 0.2) is 11.7 Å². The Bertz CT molecular complexity index is 1710. The number of guanidine groups is 1. The molecule has 4 atom stereocenters. The van der Waals surface area contributed by atoms with Gasteiger partial charge in [0.2, 0.25) is 11.8 Å². The molecule has 2 aromatic rings. The number of carbonyl (C=O) groups excluding carboxylic acids is 4. The van der Waals surface area contributed by atoms with Crippen LogP contribution in [0.5, 0.6) is 5.75 Å². The predicted molar refractivity (Wildman–Crippen MR) is 180 cm³/mol. The van der Waals surface area contributed by atoms with Crippen molar-refractivity contribution in [2.24, 2.45) is 45.5 Å². The highest BCUT2D eigenvalue weighted by Crippen LogP contribution is 2.26. The molecule has 2 rings (SSSR count). The van der Waals surface area contributed by atoms with Crippen molar-refractivity contribution in [2.45, 2.75) is 83.6 Å². The highest BCUT2D eigenvalue weighted by Gasteiger charge is 2.31. The van der Waals surface area contributed by atoms with E-state index in [9.17, 15) is 25.7 Å². The van der Waals surface area contributed by atoms with Crippen LogP contribution in [-0.4, -0.2) is 59.6 Å². The number of hydrogen-bond donors (Lipinski definition) is 7. The van der Waals surface area contributed by atoms with Crippen LogP contribution in [0.2, 0.25) is 0 Å². The minimum absolute atomic E-state index is 0.0169. The molecule has 2 amide bonds. The quantitative estimate of drug-likeness (QED) is 0.0589. The third-order valence-electron chi connectivity index (χ3n) is 7.37. The van der Waals surface area contributed by atoms with Crippen LogP contribution in [0.3, 0.4) is 0 Å². The molecule has 0 aromatic heterocycles. The second-order valence-electron chi connectivity index (χ2n) is 11.1. The van der Waals surface area contributed by atoms with Crippen molar-refractivity contribution in [1.82, 2.24) is 5.32 Å². The first kappa shape index (κ1) is 26.9. The number of aromatic hydroxyl groups is 1. The maximum atomic E-state index is 14.1. The molecule has 0 unspecified atom stereocenters. The zero-order valence-corrected chi connectivity index (χ0v) is 26.4. The SMILES string of the molecule is [2H]c1c([2H])c([2H])c(C([2H])([2H])[C@H](CC(=O)[C@]([2H])(CCCCN)NC(=O)[C@@H](CC(=O)[C@H](N)CCCN=C(N)N)Cc2c(C)cc(O)cc2C)C(N)=O)c([2H])c1[2H]. The topological polar surface area (TPSA) is 243 Å². The number of rotatable bonds is 21. The molecular weight excluding hydrogens is 586 g/mol. The molecule has 0 aliphatic rings. The molecule has 12 N–H and O–H groups in total. The molecule has 0 heterocycles. The van der Waals surface area contributed by atoms with E-state index in [2.05, 4.69) is 10.3 Å². The third-order valence-corrected chi connectivity index (χ3v) is 7.37. The Labute approximate surface area is 282 Å². The second-order valence-corrected chi connectivity index (χ2v) is 11.1. The van der Waals surface area contributed by atoms with Gasteiger partial charge in [0.25, 0.3) is 0 Å². The van der Waals surface area contributed by atoms with Crippen molar-refractivity contribution >= 4 is 29.3 Å². The van der Waals surface area contributed by atoms with Gasteiger partial charge in [-0.2, -0.15) is 0 Å². The highest BCUT2D eigenvalue weighted by atomic mass is 16.3. The summed E-state index contributed by atoms with van der Waals surface area (Å²) in [6.45, 7) is 3.78. The lowest BCUT2D eigenvalue weighted by Gasteiger charge is -2.25. The first-order valence-corrected chi connectivity index (χ1v) is 15.0. The van der Waals surface area contributed by atoms with Gasteiger partial charge in [-0.05, 0) is 99.7 Å². The molecule has 0 fully saturated rings. The molecule has 12 nitrogen and oxygen atoms in total. The Hall–Kier alpha value is -4.29. The van der Waals surface area contributed by atoms with E-state index in [1.54, 1.807) is 13.8 Å². The van der Waals surface area contributed by atoms with Crippen LogP contribution in [0.25, 0.3) is 0 Å². The monoisotopic (exact) mass is 645 g/mol. The van der Waals surface area contributed by atoms with Crippen LogP contribution in [0.1, 0.15) is 78.2 Å². The summed E-state index contributed by atoms with van der Waals surface area (Å²) in [4.78, 5) is 58.2. The van der Waals surface area contributed by atoms with Crippen LogP contribution >= 0.6 is 0 Å².